The maximum absolute atomic E-state index is 12.6. The molecule has 2 aromatic carbocycles. The molecule has 1 aliphatic rings. The number of nitrogens with two attached hydrogens (primary N) is 1. The summed E-state index contributed by atoms with van der Waals surface area (Å²) in [6.45, 7) is 7.22. The summed E-state index contributed by atoms with van der Waals surface area (Å²) in [5.74, 6) is 2.14. The summed E-state index contributed by atoms with van der Waals surface area (Å²) in [5, 5.41) is 3.78. The molecule has 1 aliphatic heterocycles. The number of aryl methyl sites for hydroxylation is 2. The SMILES string of the molecule is COc1cc2nc(N3CCN(CC(=O)Nc4c(C)cccc4C)CC3)nc(N)c2cc1OC.Cl. The van der Waals surface area contributed by atoms with Crippen molar-refractivity contribution in [3.63, 3.8) is 0 Å². The number of hydrogen-bond donors (Lipinski definition) is 2. The second kappa shape index (κ2) is 10.8. The number of para-hydroxylation sites is 1. The number of anilines is 3. The maximum Gasteiger partial charge on any atom is 0.238 e. The number of nitrogen functional groups attached to an aromatic ring is 1. The van der Waals surface area contributed by atoms with Crippen LogP contribution in [0.1, 0.15) is 11.1 Å². The van der Waals surface area contributed by atoms with E-state index in [2.05, 4.69) is 20.1 Å². The summed E-state index contributed by atoms with van der Waals surface area (Å²) in [7, 11) is 3.17. The lowest BCUT2D eigenvalue weighted by molar-refractivity contribution is -0.117. The molecule has 4 rings (SSSR count). The minimum Gasteiger partial charge on any atom is -0.493 e. The first-order valence-electron chi connectivity index (χ1n) is 10.9. The van der Waals surface area contributed by atoms with Crippen LogP contribution in [-0.2, 0) is 4.79 Å². The van der Waals surface area contributed by atoms with Crippen LogP contribution in [0.2, 0.25) is 0 Å². The first-order chi connectivity index (χ1) is 15.9. The summed E-state index contributed by atoms with van der Waals surface area (Å²) >= 11 is 0. The van der Waals surface area contributed by atoms with E-state index in [4.69, 9.17) is 20.2 Å². The lowest BCUT2D eigenvalue weighted by Crippen LogP contribution is -2.49. The Morgan fingerprint density at radius 3 is 2.26 bits per heavy atom. The van der Waals surface area contributed by atoms with Crippen LogP contribution in [0.25, 0.3) is 10.9 Å². The zero-order valence-corrected chi connectivity index (χ0v) is 20.7. The number of nitrogens with zero attached hydrogens (tertiary/aromatic N) is 4. The van der Waals surface area contributed by atoms with Gasteiger partial charge in [-0.05, 0) is 31.0 Å². The van der Waals surface area contributed by atoms with Gasteiger partial charge < -0.3 is 25.4 Å². The summed E-state index contributed by atoms with van der Waals surface area (Å²) in [6, 6.07) is 9.60. The molecular weight excluding hydrogens is 456 g/mol. The Morgan fingerprint density at radius 1 is 1.03 bits per heavy atom. The van der Waals surface area contributed by atoms with Crippen LogP contribution < -0.4 is 25.4 Å². The van der Waals surface area contributed by atoms with Gasteiger partial charge in [0.2, 0.25) is 11.9 Å². The molecule has 0 radical (unpaired) electrons. The van der Waals surface area contributed by atoms with Gasteiger partial charge in [0.15, 0.2) is 11.5 Å². The number of aromatic nitrogens is 2. The zero-order chi connectivity index (χ0) is 23.5. The molecule has 9 nitrogen and oxygen atoms in total. The predicted octanol–water partition coefficient (Wildman–Crippen LogP) is 3.03. The molecule has 3 N–H and O–H groups in total. The van der Waals surface area contributed by atoms with Gasteiger partial charge in [0.05, 0.1) is 26.3 Å². The van der Waals surface area contributed by atoms with E-state index in [9.17, 15) is 4.79 Å². The van der Waals surface area contributed by atoms with Crippen molar-refractivity contribution < 1.29 is 14.3 Å². The summed E-state index contributed by atoms with van der Waals surface area (Å²) in [4.78, 5) is 26.1. The number of carbonyl (C=O) groups excluding carboxylic acids is 1. The topological polar surface area (TPSA) is 106 Å². The zero-order valence-electron chi connectivity index (χ0n) is 19.9. The molecule has 1 fully saturated rings. The Labute approximate surface area is 205 Å². The van der Waals surface area contributed by atoms with E-state index in [0.29, 0.717) is 48.4 Å². The maximum atomic E-state index is 12.6. The van der Waals surface area contributed by atoms with E-state index < -0.39 is 0 Å². The largest absolute Gasteiger partial charge is 0.493 e. The molecule has 2 heterocycles. The minimum absolute atomic E-state index is 0. The van der Waals surface area contributed by atoms with Crippen molar-refractivity contribution in [1.29, 1.82) is 0 Å². The summed E-state index contributed by atoms with van der Waals surface area (Å²) in [6.07, 6.45) is 0. The third kappa shape index (κ3) is 5.26. The van der Waals surface area contributed by atoms with Crippen LogP contribution in [0, 0.1) is 13.8 Å². The number of rotatable bonds is 6. The Balaban J connectivity index is 0.00000324. The normalized spacial score (nSPS) is 13.9. The number of nitrogens with one attached hydrogen (secondary N) is 1. The molecule has 1 aromatic heterocycles. The van der Waals surface area contributed by atoms with Gasteiger partial charge in [-0.2, -0.15) is 4.98 Å². The highest BCUT2D eigenvalue weighted by molar-refractivity contribution is 5.94. The molecule has 0 bridgehead atoms. The molecule has 1 amide bonds. The second-order valence-electron chi connectivity index (χ2n) is 8.21. The van der Waals surface area contributed by atoms with Crippen LogP contribution >= 0.6 is 12.4 Å². The standard InChI is InChI=1S/C24H30N6O3.ClH/c1-15-6-5-7-16(2)22(15)27-21(31)14-29-8-10-30(11-9-29)24-26-18-13-20(33-4)19(32-3)12-17(18)23(25)28-24;/h5-7,12-13H,8-11,14H2,1-4H3,(H,27,31)(H2,25,26,28);1H. The summed E-state index contributed by atoms with van der Waals surface area (Å²) < 4.78 is 10.7. The van der Waals surface area contributed by atoms with Gasteiger partial charge in [-0.15, -0.1) is 12.4 Å². The Bertz CT molecular complexity index is 1160. The Hall–Kier alpha value is -3.30. The van der Waals surface area contributed by atoms with Gasteiger partial charge in [-0.1, -0.05) is 18.2 Å². The number of hydrogen-bond acceptors (Lipinski definition) is 8. The van der Waals surface area contributed by atoms with E-state index in [1.807, 2.05) is 38.1 Å². The van der Waals surface area contributed by atoms with E-state index in [-0.39, 0.29) is 18.3 Å². The van der Waals surface area contributed by atoms with Crippen LogP contribution in [0.15, 0.2) is 30.3 Å². The first kappa shape index (κ1) is 25.3. The number of fused-ring (bicyclic) bond motifs is 1. The van der Waals surface area contributed by atoms with Gasteiger partial charge in [0, 0.05) is 43.3 Å². The van der Waals surface area contributed by atoms with Crippen LogP contribution in [-0.4, -0.2) is 67.7 Å². The minimum atomic E-state index is -0.00640. The second-order valence-corrected chi connectivity index (χ2v) is 8.21. The van der Waals surface area contributed by atoms with Crippen molar-refractivity contribution in [2.75, 3.05) is 62.9 Å². The van der Waals surface area contributed by atoms with E-state index in [1.54, 1.807) is 20.3 Å². The van der Waals surface area contributed by atoms with Crippen molar-refractivity contribution in [3.8, 4) is 11.5 Å². The van der Waals surface area contributed by atoms with E-state index >= 15 is 0 Å². The highest BCUT2D eigenvalue weighted by Crippen LogP contribution is 2.34. The quantitative estimate of drug-likeness (QED) is 0.547. The molecule has 0 saturated carbocycles. The molecule has 34 heavy (non-hydrogen) atoms. The molecule has 182 valence electrons. The van der Waals surface area contributed by atoms with Crippen molar-refractivity contribution in [3.05, 3.63) is 41.5 Å². The average molecular weight is 487 g/mol. The number of methoxy groups -OCH3 is 2. The van der Waals surface area contributed by atoms with E-state index in [0.717, 1.165) is 35.3 Å². The number of carbonyl (C=O) groups is 1. The number of piperazine rings is 1. The molecule has 0 spiro atoms. The molecule has 0 aliphatic carbocycles. The fourth-order valence-corrected chi connectivity index (χ4v) is 4.11. The first-order valence-corrected chi connectivity index (χ1v) is 10.9. The highest BCUT2D eigenvalue weighted by atomic mass is 35.5. The lowest BCUT2D eigenvalue weighted by atomic mass is 10.1. The van der Waals surface area contributed by atoms with Crippen LogP contribution in [0.3, 0.4) is 0 Å². The van der Waals surface area contributed by atoms with Gasteiger partial charge in [0.25, 0.3) is 0 Å². The van der Waals surface area contributed by atoms with Gasteiger partial charge in [-0.3, -0.25) is 9.69 Å². The third-order valence-electron chi connectivity index (χ3n) is 5.99. The monoisotopic (exact) mass is 486 g/mol. The fourth-order valence-electron chi connectivity index (χ4n) is 4.11. The predicted molar refractivity (Wildman–Crippen MR) is 138 cm³/mol. The van der Waals surface area contributed by atoms with E-state index in [1.165, 1.54) is 0 Å². The number of ether oxygens (including phenoxy) is 2. The van der Waals surface area contributed by atoms with Gasteiger partial charge in [0.1, 0.15) is 5.82 Å². The lowest BCUT2D eigenvalue weighted by Gasteiger charge is -2.34. The van der Waals surface area contributed by atoms with Gasteiger partial charge >= 0.3 is 0 Å². The third-order valence-corrected chi connectivity index (χ3v) is 5.99. The van der Waals surface area contributed by atoms with Crippen molar-refractivity contribution in [2.45, 2.75) is 13.8 Å². The van der Waals surface area contributed by atoms with Crippen LogP contribution in [0.5, 0.6) is 11.5 Å². The Kier molecular flexibility index (Phi) is 8.01. The summed E-state index contributed by atoms with van der Waals surface area (Å²) in [5.41, 5.74) is 9.96. The number of halogens is 1. The Morgan fingerprint density at radius 2 is 1.65 bits per heavy atom. The smallest absolute Gasteiger partial charge is 0.238 e. The average Bonchev–Trinajstić information content (AvgIpc) is 2.81. The number of amides is 1. The molecule has 10 heteroatoms. The highest BCUT2D eigenvalue weighted by Gasteiger charge is 2.22. The molecule has 0 unspecified atom stereocenters. The molecule has 0 atom stereocenters. The number of benzene rings is 2. The van der Waals surface area contributed by atoms with Crippen molar-refractivity contribution >= 4 is 46.7 Å². The molecule has 3 aromatic rings. The van der Waals surface area contributed by atoms with Crippen LogP contribution in [0.4, 0.5) is 17.5 Å². The van der Waals surface area contributed by atoms with Crippen molar-refractivity contribution in [1.82, 2.24) is 14.9 Å². The fraction of sp³-hybridized carbons (Fsp3) is 0.375. The van der Waals surface area contributed by atoms with Gasteiger partial charge in [-0.25, -0.2) is 4.98 Å². The molecule has 1 saturated heterocycles. The van der Waals surface area contributed by atoms with Crippen molar-refractivity contribution in [2.24, 2.45) is 0 Å². The molecular formula is C24H31ClN6O3.